The summed E-state index contributed by atoms with van der Waals surface area (Å²) >= 11 is 0. The molecular weight excluding hydrogens is 230 g/mol. The molecule has 2 rings (SSSR count). The highest BCUT2D eigenvalue weighted by molar-refractivity contribution is 5.31. The van der Waals surface area contributed by atoms with Gasteiger partial charge in [0.05, 0.1) is 13.2 Å². The van der Waals surface area contributed by atoms with Crippen LogP contribution in [0.4, 0.5) is 0 Å². The van der Waals surface area contributed by atoms with Gasteiger partial charge in [0.1, 0.15) is 18.1 Å². The zero-order valence-corrected chi connectivity index (χ0v) is 10.8. The monoisotopic (exact) mass is 251 g/mol. The van der Waals surface area contributed by atoms with Gasteiger partial charge in [-0.05, 0) is 56.1 Å². The maximum Gasteiger partial charge on any atom is 0.119 e. The molecule has 1 aliphatic rings. The summed E-state index contributed by atoms with van der Waals surface area (Å²) in [4.78, 5) is 0. The molecule has 0 aliphatic carbocycles. The summed E-state index contributed by atoms with van der Waals surface area (Å²) in [5.41, 5.74) is 0. The fourth-order valence-corrected chi connectivity index (χ4v) is 2.22. The van der Waals surface area contributed by atoms with Crippen molar-refractivity contribution < 1.29 is 14.6 Å². The lowest BCUT2D eigenvalue weighted by Crippen LogP contribution is -2.36. The van der Waals surface area contributed by atoms with Crippen LogP contribution in [0.1, 0.15) is 12.8 Å². The predicted molar refractivity (Wildman–Crippen MR) is 70.1 cm³/mol. The highest BCUT2D eigenvalue weighted by Gasteiger charge is 2.21. The van der Waals surface area contributed by atoms with Crippen LogP contribution in [0.15, 0.2) is 24.3 Å². The lowest BCUT2D eigenvalue weighted by Gasteiger charge is -2.27. The number of benzene rings is 1. The van der Waals surface area contributed by atoms with Gasteiger partial charge in [-0.15, -0.1) is 0 Å². The highest BCUT2D eigenvalue weighted by Crippen LogP contribution is 2.20. The fourth-order valence-electron chi connectivity index (χ4n) is 2.22. The number of piperidine rings is 1. The van der Waals surface area contributed by atoms with E-state index in [4.69, 9.17) is 9.47 Å². The van der Waals surface area contributed by atoms with Crippen molar-refractivity contribution in [2.45, 2.75) is 18.9 Å². The van der Waals surface area contributed by atoms with Gasteiger partial charge in [-0.1, -0.05) is 0 Å². The Kier molecular flexibility index (Phi) is 4.84. The number of hydrogen-bond donors (Lipinski definition) is 2. The molecule has 0 radical (unpaired) electrons. The minimum Gasteiger partial charge on any atom is -0.497 e. The summed E-state index contributed by atoms with van der Waals surface area (Å²) in [5.74, 6) is 1.93. The maximum atomic E-state index is 10.1. The Morgan fingerprint density at radius 1 is 1.22 bits per heavy atom. The Bertz CT molecular complexity index is 347. The van der Waals surface area contributed by atoms with E-state index in [1.807, 2.05) is 24.3 Å². The smallest absolute Gasteiger partial charge is 0.119 e. The number of aliphatic hydroxyl groups excluding tert-OH is 1. The molecule has 1 fully saturated rings. The molecule has 1 atom stereocenters. The van der Waals surface area contributed by atoms with E-state index in [0.717, 1.165) is 37.4 Å². The second-order valence-corrected chi connectivity index (χ2v) is 4.64. The first kappa shape index (κ1) is 13.2. The van der Waals surface area contributed by atoms with Crippen LogP contribution in [-0.4, -0.2) is 38.0 Å². The lowest BCUT2D eigenvalue weighted by atomic mass is 9.93. The average molecular weight is 251 g/mol. The average Bonchev–Trinajstić information content (AvgIpc) is 2.46. The van der Waals surface area contributed by atoms with E-state index < -0.39 is 0 Å². The van der Waals surface area contributed by atoms with Gasteiger partial charge < -0.3 is 19.9 Å². The number of methoxy groups -OCH3 is 1. The Balaban J connectivity index is 1.78. The van der Waals surface area contributed by atoms with E-state index in [0.29, 0.717) is 12.5 Å². The minimum atomic E-state index is -0.380. The van der Waals surface area contributed by atoms with Gasteiger partial charge in [0.25, 0.3) is 0 Å². The molecule has 0 spiro atoms. The van der Waals surface area contributed by atoms with Crippen molar-refractivity contribution >= 4 is 0 Å². The number of nitrogens with one attached hydrogen (secondary N) is 1. The van der Waals surface area contributed by atoms with Crippen LogP contribution in [-0.2, 0) is 0 Å². The van der Waals surface area contributed by atoms with Crippen molar-refractivity contribution in [3.05, 3.63) is 24.3 Å². The first-order chi connectivity index (χ1) is 8.79. The summed E-state index contributed by atoms with van der Waals surface area (Å²) in [6, 6.07) is 7.42. The van der Waals surface area contributed by atoms with E-state index in [9.17, 15) is 5.11 Å². The molecule has 0 amide bonds. The maximum absolute atomic E-state index is 10.1. The second kappa shape index (κ2) is 6.61. The largest absolute Gasteiger partial charge is 0.497 e. The molecule has 4 heteroatoms. The summed E-state index contributed by atoms with van der Waals surface area (Å²) < 4.78 is 10.7. The Morgan fingerprint density at radius 2 is 1.83 bits per heavy atom. The third-order valence-corrected chi connectivity index (χ3v) is 3.41. The molecule has 0 bridgehead atoms. The van der Waals surface area contributed by atoms with Crippen molar-refractivity contribution in [2.24, 2.45) is 5.92 Å². The van der Waals surface area contributed by atoms with Crippen LogP contribution >= 0.6 is 0 Å². The van der Waals surface area contributed by atoms with Crippen molar-refractivity contribution in [1.29, 1.82) is 0 Å². The molecule has 4 nitrogen and oxygen atoms in total. The molecule has 1 heterocycles. The molecule has 0 saturated carbocycles. The highest BCUT2D eigenvalue weighted by atomic mass is 16.5. The van der Waals surface area contributed by atoms with Gasteiger partial charge in [-0.2, -0.15) is 0 Å². The van der Waals surface area contributed by atoms with Gasteiger partial charge in [0.15, 0.2) is 0 Å². The van der Waals surface area contributed by atoms with Crippen molar-refractivity contribution in [1.82, 2.24) is 5.32 Å². The van der Waals surface area contributed by atoms with Gasteiger partial charge in [-0.3, -0.25) is 0 Å². The van der Waals surface area contributed by atoms with Crippen molar-refractivity contribution in [3.63, 3.8) is 0 Å². The van der Waals surface area contributed by atoms with E-state index in [2.05, 4.69) is 5.32 Å². The van der Waals surface area contributed by atoms with Crippen LogP contribution in [0.2, 0.25) is 0 Å². The van der Waals surface area contributed by atoms with Gasteiger partial charge >= 0.3 is 0 Å². The number of ether oxygens (including phenoxy) is 2. The van der Waals surface area contributed by atoms with Crippen LogP contribution < -0.4 is 14.8 Å². The number of rotatable bonds is 5. The van der Waals surface area contributed by atoms with Gasteiger partial charge in [0.2, 0.25) is 0 Å². The minimum absolute atomic E-state index is 0.351. The molecule has 1 aliphatic heterocycles. The molecule has 18 heavy (non-hydrogen) atoms. The standard InChI is InChI=1S/C14H21NO3/c1-17-12-2-4-13(5-3-12)18-10-14(16)11-6-8-15-9-7-11/h2-5,11,14-16H,6-10H2,1H3. The van der Waals surface area contributed by atoms with Gasteiger partial charge in [-0.25, -0.2) is 0 Å². The molecule has 100 valence electrons. The van der Waals surface area contributed by atoms with E-state index in [1.165, 1.54) is 0 Å². The first-order valence-electron chi connectivity index (χ1n) is 6.45. The first-order valence-corrected chi connectivity index (χ1v) is 6.45. The summed E-state index contributed by atoms with van der Waals surface area (Å²) in [7, 11) is 1.64. The van der Waals surface area contributed by atoms with Crippen molar-refractivity contribution in [2.75, 3.05) is 26.8 Å². The van der Waals surface area contributed by atoms with E-state index >= 15 is 0 Å². The Hall–Kier alpha value is -1.26. The Morgan fingerprint density at radius 3 is 2.44 bits per heavy atom. The Labute approximate surface area is 108 Å². The molecule has 1 saturated heterocycles. The van der Waals surface area contributed by atoms with Crippen molar-refractivity contribution in [3.8, 4) is 11.5 Å². The SMILES string of the molecule is COc1ccc(OCC(O)C2CCNCC2)cc1. The third-order valence-electron chi connectivity index (χ3n) is 3.41. The normalized spacial score (nSPS) is 18.3. The van der Waals surface area contributed by atoms with Crippen LogP contribution in [0.5, 0.6) is 11.5 Å². The predicted octanol–water partition coefficient (Wildman–Crippen LogP) is 1.43. The third kappa shape index (κ3) is 3.62. The quantitative estimate of drug-likeness (QED) is 0.831. The lowest BCUT2D eigenvalue weighted by molar-refractivity contribution is 0.0442. The van der Waals surface area contributed by atoms with E-state index in [-0.39, 0.29) is 6.10 Å². The number of hydrogen-bond acceptors (Lipinski definition) is 4. The summed E-state index contributed by atoms with van der Waals surface area (Å²) in [6.45, 7) is 2.34. The van der Waals surface area contributed by atoms with Crippen LogP contribution in [0.25, 0.3) is 0 Å². The molecule has 1 unspecified atom stereocenters. The van der Waals surface area contributed by atoms with Gasteiger partial charge in [0, 0.05) is 0 Å². The zero-order chi connectivity index (χ0) is 12.8. The van der Waals surface area contributed by atoms with E-state index in [1.54, 1.807) is 7.11 Å². The molecule has 2 N–H and O–H groups in total. The number of aliphatic hydroxyl groups is 1. The summed E-state index contributed by atoms with van der Waals surface area (Å²) in [5, 5.41) is 13.3. The topological polar surface area (TPSA) is 50.7 Å². The summed E-state index contributed by atoms with van der Waals surface area (Å²) in [6.07, 6.45) is 1.66. The molecular formula is C14H21NO3. The van der Waals surface area contributed by atoms with Crippen LogP contribution in [0, 0.1) is 5.92 Å². The second-order valence-electron chi connectivity index (χ2n) is 4.64. The molecule has 1 aromatic rings. The zero-order valence-electron chi connectivity index (χ0n) is 10.8. The fraction of sp³-hybridized carbons (Fsp3) is 0.571. The van der Waals surface area contributed by atoms with Crippen LogP contribution in [0.3, 0.4) is 0 Å². The molecule has 0 aromatic heterocycles. The molecule has 1 aromatic carbocycles.